The molecule has 0 atom stereocenters. The highest BCUT2D eigenvalue weighted by Crippen LogP contribution is 2.41. The largest absolute Gasteiger partial charge is 0.493 e. The number of thioether (sulfide) groups is 1. The number of hydrogen-bond acceptors (Lipinski definition) is 7. The van der Waals surface area contributed by atoms with E-state index in [1.807, 2.05) is 30.3 Å². The van der Waals surface area contributed by atoms with Crippen molar-refractivity contribution in [3.05, 3.63) is 72.5 Å². The van der Waals surface area contributed by atoms with Gasteiger partial charge in [-0.3, -0.25) is 4.57 Å². The molecule has 1 heterocycles. The Labute approximate surface area is 201 Å². The summed E-state index contributed by atoms with van der Waals surface area (Å²) < 4.78 is 38.7. The second kappa shape index (κ2) is 10.9. The van der Waals surface area contributed by atoms with Crippen molar-refractivity contribution in [2.45, 2.75) is 5.16 Å². The van der Waals surface area contributed by atoms with E-state index in [1.54, 1.807) is 34.9 Å². The van der Waals surface area contributed by atoms with E-state index in [-0.39, 0.29) is 0 Å². The van der Waals surface area contributed by atoms with Crippen molar-refractivity contribution < 1.29 is 23.3 Å². The minimum Gasteiger partial charge on any atom is -0.493 e. The van der Waals surface area contributed by atoms with Crippen LogP contribution < -0.4 is 18.9 Å². The number of rotatable bonds is 10. The molecule has 176 valence electrons. The van der Waals surface area contributed by atoms with E-state index < -0.39 is 5.82 Å². The first-order chi connectivity index (χ1) is 16.7. The van der Waals surface area contributed by atoms with Crippen LogP contribution in [0.15, 0.2) is 71.9 Å². The minimum absolute atomic E-state index is 0.336. The second-order valence-electron chi connectivity index (χ2n) is 7.02. The summed E-state index contributed by atoms with van der Waals surface area (Å²) in [6.45, 7) is 0.457. The SMILES string of the molecule is COc1cc(-c2nnc(SCCOc3ccccc3)n2-c2ccccc2F)cc(OC)c1OC. The van der Waals surface area contributed by atoms with E-state index in [1.165, 1.54) is 39.2 Å². The van der Waals surface area contributed by atoms with Crippen LogP contribution in [-0.2, 0) is 0 Å². The third kappa shape index (κ3) is 4.94. The first kappa shape index (κ1) is 23.4. The van der Waals surface area contributed by atoms with Crippen LogP contribution in [0.5, 0.6) is 23.0 Å². The molecule has 0 N–H and O–H groups in total. The Kier molecular flexibility index (Phi) is 7.54. The predicted molar refractivity (Wildman–Crippen MR) is 129 cm³/mol. The second-order valence-corrected chi connectivity index (χ2v) is 8.08. The highest BCUT2D eigenvalue weighted by Gasteiger charge is 2.22. The maximum absolute atomic E-state index is 14.9. The summed E-state index contributed by atoms with van der Waals surface area (Å²) in [5, 5.41) is 9.26. The van der Waals surface area contributed by atoms with Crippen LogP contribution >= 0.6 is 11.8 Å². The topological polar surface area (TPSA) is 67.6 Å². The van der Waals surface area contributed by atoms with Crippen molar-refractivity contribution in [3.8, 4) is 40.1 Å². The zero-order chi connectivity index (χ0) is 23.9. The number of hydrogen-bond donors (Lipinski definition) is 0. The molecule has 0 radical (unpaired) electrons. The molecule has 34 heavy (non-hydrogen) atoms. The lowest BCUT2D eigenvalue weighted by Gasteiger charge is -2.15. The highest BCUT2D eigenvalue weighted by atomic mass is 32.2. The normalized spacial score (nSPS) is 10.7. The zero-order valence-corrected chi connectivity index (χ0v) is 19.8. The van der Waals surface area contributed by atoms with Gasteiger partial charge in [0.25, 0.3) is 0 Å². The summed E-state index contributed by atoms with van der Waals surface area (Å²) in [5.41, 5.74) is 0.973. The first-order valence-electron chi connectivity index (χ1n) is 10.5. The molecule has 0 saturated carbocycles. The fourth-order valence-electron chi connectivity index (χ4n) is 3.42. The number of nitrogens with zero attached hydrogens (tertiary/aromatic N) is 3. The van der Waals surface area contributed by atoms with Crippen molar-refractivity contribution in [2.24, 2.45) is 0 Å². The van der Waals surface area contributed by atoms with Crippen LogP contribution in [0.25, 0.3) is 17.1 Å². The molecule has 0 amide bonds. The van der Waals surface area contributed by atoms with Gasteiger partial charge in [0.1, 0.15) is 11.6 Å². The smallest absolute Gasteiger partial charge is 0.203 e. The number of ether oxygens (including phenoxy) is 4. The molecule has 9 heteroatoms. The molecule has 4 aromatic rings. The minimum atomic E-state index is -0.390. The van der Waals surface area contributed by atoms with Gasteiger partial charge in [0.05, 0.1) is 33.6 Å². The molecule has 1 aromatic heterocycles. The van der Waals surface area contributed by atoms with E-state index in [0.717, 1.165) is 5.75 Å². The molecule has 0 aliphatic heterocycles. The maximum Gasteiger partial charge on any atom is 0.203 e. The van der Waals surface area contributed by atoms with Gasteiger partial charge in [-0.05, 0) is 36.4 Å². The molecule has 0 saturated heterocycles. The Balaban J connectivity index is 1.70. The van der Waals surface area contributed by atoms with Crippen molar-refractivity contribution >= 4 is 11.8 Å². The lowest BCUT2D eigenvalue weighted by atomic mass is 10.1. The Bertz CT molecular complexity index is 1230. The predicted octanol–water partition coefficient (Wildman–Crippen LogP) is 5.27. The van der Waals surface area contributed by atoms with Gasteiger partial charge in [-0.25, -0.2) is 4.39 Å². The van der Waals surface area contributed by atoms with Crippen molar-refractivity contribution in [1.82, 2.24) is 14.8 Å². The van der Waals surface area contributed by atoms with Crippen LogP contribution in [0.2, 0.25) is 0 Å². The van der Waals surface area contributed by atoms with Crippen LogP contribution in [0.3, 0.4) is 0 Å². The molecule has 0 fully saturated rings. The average Bonchev–Trinajstić information content (AvgIpc) is 3.30. The van der Waals surface area contributed by atoms with Gasteiger partial charge in [0.15, 0.2) is 22.5 Å². The van der Waals surface area contributed by atoms with Crippen LogP contribution in [0, 0.1) is 5.82 Å². The van der Waals surface area contributed by atoms with Gasteiger partial charge < -0.3 is 18.9 Å². The molecule has 0 unspecified atom stereocenters. The van der Waals surface area contributed by atoms with Gasteiger partial charge >= 0.3 is 0 Å². The molecular weight excluding hydrogens is 457 g/mol. The van der Waals surface area contributed by atoms with E-state index >= 15 is 0 Å². The monoisotopic (exact) mass is 481 g/mol. The number of aromatic nitrogens is 3. The van der Waals surface area contributed by atoms with Gasteiger partial charge in [-0.15, -0.1) is 10.2 Å². The van der Waals surface area contributed by atoms with E-state index in [0.29, 0.717) is 51.8 Å². The highest BCUT2D eigenvalue weighted by molar-refractivity contribution is 7.99. The molecule has 0 aliphatic rings. The first-order valence-corrected chi connectivity index (χ1v) is 11.5. The standard InChI is InChI=1S/C25H24FN3O4S/c1-30-21-15-17(16-22(31-2)23(21)32-3)24-27-28-25(29(24)20-12-8-7-11-19(20)26)34-14-13-33-18-9-5-4-6-10-18/h4-12,15-16H,13-14H2,1-3H3. The van der Waals surface area contributed by atoms with Crippen molar-refractivity contribution in [2.75, 3.05) is 33.7 Å². The summed E-state index contributed by atoms with van der Waals surface area (Å²) >= 11 is 1.42. The van der Waals surface area contributed by atoms with E-state index in [2.05, 4.69) is 10.2 Å². The number of benzene rings is 3. The molecule has 0 bridgehead atoms. The van der Waals surface area contributed by atoms with Crippen molar-refractivity contribution in [1.29, 1.82) is 0 Å². The molecule has 0 spiro atoms. The number of halogens is 1. The van der Waals surface area contributed by atoms with Gasteiger partial charge in [0.2, 0.25) is 5.75 Å². The Hall–Kier alpha value is -3.72. The van der Waals surface area contributed by atoms with Crippen LogP contribution in [-0.4, -0.2) is 48.5 Å². The molecule has 0 aliphatic carbocycles. The summed E-state index contributed by atoms with van der Waals surface area (Å²) in [7, 11) is 4.61. The van der Waals surface area contributed by atoms with Crippen molar-refractivity contribution in [3.63, 3.8) is 0 Å². The molecular formula is C25H24FN3O4S. The lowest BCUT2D eigenvalue weighted by Crippen LogP contribution is -2.05. The van der Waals surface area contributed by atoms with Gasteiger partial charge in [-0.2, -0.15) is 0 Å². The Morgan fingerprint density at radius 3 is 2.18 bits per heavy atom. The third-order valence-electron chi connectivity index (χ3n) is 4.98. The zero-order valence-electron chi connectivity index (χ0n) is 19.0. The van der Waals surface area contributed by atoms with E-state index in [9.17, 15) is 4.39 Å². The molecule has 4 rings (SSSR count). The fourth-order valence-corrected chi connectivity index (χ4v) is 4.18. The van der Waals surface area contributed by atoms with Gasteiger partial charge in [0, 0.05) is 11.3 Å². The average molecular weight is 482 g/mol. The Morgan fingerprint density at radius 1 is 0.853 bits per heavy atom. The third-order valence-corrected chi connectivity index (χ3v) is 5.87. The Morgan fingerprint density at radius 2 is 1.53 bits per heavy atom. The summed E-state index contributed by atoms with van der Waals surface area (Å²) in [5.74, 6) is 2.82. The van der Waals surface area contributed by atoms with E-state index in [4.69, 9.17) is 18.9 Å². The number of methoxy groups -OCH3 is 3. The van der Waals surface area contributed by atoms with Crippen LogP contribution in [0.4, 0.5) is 4.39 Å². The summed E-state index contributed by atoms with van der Waals surface area (Å²) in [4.78, 5) is 0. The van der Waals surface area contributed by atoms with Gasteiger partial charge in [-0.1, -0.05) is 42.1 Å². The maximum atomic E-state index is 14.9. The summed E-state index contributed by atoms with van der Waals surface area (Å²) in [6, 6.07) is 19.6. The number of para-hydroxylation sites is 2. The van der Waals surface area contributed by atoms with Crippen LogP contribution in [0.1, 0.15) is 0 Å². The summed E-state index contributed by atoms with van der Waals surface area (Å²) in [6.07, 6.45) is 0. The molecule has 3 aromatic carbocycles. The lowest BCUT2D eigenvalue weighted by molar-refractivity contribution is 0.324. The quantitative estimate of drug-likeness (QED) is 0.226. The molecule has 7 nitrogen and oxygen atoms in total. The fraction of sp³-hybridized carbons (Fsp3) is 0.200.